The zero-order valence-electron chi connectivity index (χ0n) is 50.4. The molecule has 0 saturated carbocycles. The van der Waals surface area contributed by atoms with E-state index in [1.54, 1.807) is 0 Å². The average molecular weight is 1110 g/mol. The van der Waals surface area contributed by atoms with Gasteiger partial charge in [0, 0.05) is 19.3 Å². The monoisotopic (exact) mass is 1110 g/mol. The highest BCUT2D eigenvalue weighted by Gasteiger charge is 2.50. The van der Waals surface area contributed by atoms with Crippen LogP contribution in [0.4, 0.5) is 0 Å². The van der Waals surface area contributed by atoms with Crippen molar-refractivity contribution < 1.29 is 58.2 Å². The lowest BCUT2D eigenvalue weighted by Crippen LogP contribution is -2.61. The largest absolute Gasteiger partial charge is 0.479 e. The Morgan fingerprint density at radius 1 is 0.430 bits per heavy atom. The molecule has 79 heavy (non-hydrogen) atoms. The van der Waals surface area contributed by atoms with Crippen molar-refractivity contribution in [1.82, 2.24) is 0 Å². The van der Waals surface area contributed by atoms with Crippen LogP contribution in [0.2, 0.25) is 0 Å². The van der Waals surface area contributed by atoms with Gasteiger partial charge >= 0.3 is 23.9 Å². The minimum atomic E-state index is -1.91. The number of carbonyl (C=O) groups excluding carboxylic acids is 3. The van der Waals surface area contributed by atoms with E-state index >= 15 is 0 Å². The highest BCUT2D eigenvalue weighted by Crippen LogP contribution is 2.27. The minimum Gasteiger partial charge on any atom is -0.479 e. The van der Waals surface area contributed by atoms with Crippen LogP contribution in [-0.2, 0) is 42.9 Å². The normalized spacial score (nSPS) is 18.2. The lowest BCUT2D eigenvalue weighted by molar-refractivity contribution is -0.301. The van der Waals surface area contributed by atoms with Crippen molar-refractivity contribution in [2.24, 2.45) is 0 Å². The van der Waals surface area contributed by atoms with Gasteiger partial charge in [-0.15, -0.1) is 0 Å². The molecule has 12 nitrogen and oxygen atoms in total. The van der Waals surface area contributed by atoms with Crippen molar-refractivity contribution in [2.75, 3.05) is 13.2 Å². The molecule has 1 aliphatic rings. The van der Waals surface area contributed by atoms with Crippen molar-refractivity contribution in [2.45, 2.75) is 327 Å². The van der Waals surface area contributed by atoms with Crippen LogP contribution in [0.1, 0.15) is 290 Å². The SMILES string of the molecule is CC/C=C\C/C=C\C/C=C\C/C=C\CCCCCCC(=O)OCC(COC1OC(C(=O)O)C(O)C(O)C1OC(=O)CCCCCCCCCCCCCCCCC)OC(=O)CCCCCCCCC/C=C\CCCCCCCC. The maximum atomic E-state index is 13.2. The maximum absolute atomic E-state index is 13.2. The lowest BCUT2D eigenvalue weighted by Gasteiger charge is -2.40. The molecule has 0 aliphatic carbocycles. The number of rotatable bonds is 55. The predicted octanol–water partition coefficient (Wildman–Crippen LogP) is 17.1. The fourth-order valence-electron chi connectivity index (χ4n) is 9.65. The standard InChI is InChI=1S/C67H116O12/c1-4-7-10-13-16-19-22-25-28-30-33-35-38-41-44-47-50-53-59(68)75-56-58(77-60(69)54-51-48-45-42-39-37-34-31-29-26-23-20-17-14-11-8-5-2)57-76-67-65(63(72)62(71)64(79-67)66(73)74)78-61(70)55-52-49-46-43-40-36-32-27-24-21-18-15-12-9-6-3/h7,10,16,19,25-26,28-29,33,35,58,62-65,67,71-72H,4-6,8-9,11-15,17-18,20-24,27,30-32,34,36-57H2,1-3H3,(H,73,74)/b10-7-,19-16-,28-25-,29-26-,35-33-. The highest BCUT2D eigenvalue weighted by molar-refractivity contribution is 5.74. The summed E-state index contributed by atoms with van der Waals surface area (Å²) in [4.78, 5) is 51.3. The summed E-state index contributed by atoms with van der Waals surface area (Å²) in [7, 11) is 0. The molecule has 0 spiro atoms. The third kappa shape index (κ3) is 44.7. The summed E-state index contributed by atoms with van der Waals surface area (Å²) in [6.45, 7) is 5.89. The van der Waals surface area contributed by atoms with Crippen LogP contribution in [-0.4, -0.2) is 89.2 Å². The first kappa shape index (κ1) is 73.4. The summed E-state index contributed by atoms with van der Waals surface area (Å²) in [6.07, 6.45) is 56.0. The Balaban J connectivity index is 2.68. The molecule has 12 heteroatoms. The molecule has 6 atom stereocenters. The van der Waals surface area contributed by atoms with Gasteiger partial charge in [0.05, 0.1) is 6.61 Å². The van der Waals surface area contributed by atoms with E-state index in [1.807, 2.05) is 0 Å². The number of hydrogen-bond acceptors (Lipinski definition) is 11. The first-order chi connectivity index (χ1) is 38.6. The van der Waals surface area contributed by atoms with Gasteiger partial charge in [0.25, 0.3) is 0 Å². The van der Waals surface area contributed by atoms with Crippen LogP contribution in [0.3, 0.4) is 0 Å². The van der Waals surface area contributed by atoms with Crippen LogP contribution in [0.15, 0.2) is 60.8 Å². The molecule has 0 aromatic carbocycles. The number of ether oxygens (including phenoxy) is 5. The minimum absolute atomic E-state index is 0.0606. The molecule has 1 saturated heterocycles. The Morgan fingerprint density at radius 2 is 0.797 bits per heavy atom. The first-order valence-electron chi connectivity index (χ1n) is 32.3. The number of unbranched alkanes of at least 4 members (excludes halogenated alkanes) is 31. The molecular formula is C67H116O12. The van der Waals surface area contributed by atoms with E-state index in [0.29, 0.717) is 19.3 Å². The van der Waals surface area contributed by atoms with Crippen molar-refractivity contribution in [3.8, 4) is 0 Å². The number of aliphatic carboxylic acids is 1. The van der Waals surface area contributed by atoms with Gasteiger partial charge in [-0.1, -0.05) is 248 Å². The summed E-state index contributed by atoms with van der Waals surface area (Å²) >= 11 is 0. The second kappa shape index (κ2) is 55.0. The van der Waals surface area contributed by atoms with Gasteiger partial charge in [-0.2, -0.15) is 0 Å². The van der Waals surface area contributed by atoms with Crippen LogP contribution < -0.4 is 0 Å². The van der Waals surface area contributed by atoms with E-state index in [2.05, 4.69) is 81.5 Å². The number of carbonyl (C=O) groups is 4. The topological polar surface area (TPSA) is 175 Å². The molecule has 6 unspecified atom stereocenters. The first-order valence-corrected chi connectivity index (χ1v) is 32.3. The fourth-order valence-corrected chi connectivity index (χ4v) is 9.65. The lowest BCUT2D eigenvalue weighted by atomic mass is 9.98. The van der Waals surface area contributed by atoms with Crippen molar-refractivity contribution in [3.05, 3.63) is 60.8 Å². The molecule has 456 valence electrons. The smallest absolute Gasteiger partial charge is 0.335 e. The van der Waals surface area contributed by atoms with Gasteiger partial charge in [-0.3, -0.25) is 14.4 Å². The zero-order chi connectivity index (χ0) is 57.5. The highest BCUT2D eigenvalue weighted by atomic mass is 16.7. The number of aliphatic hydroxyl groups is 2. The van der Waals surface area contributed by atoms with Crippen LogP contribution in [0.5, 0.6) is 0 Å². The Morgan fingerprint density at radius 3 is 1.23 bits per heavy atom. The Hall–Kier alpha value is -3.58. The molecule has 0 bridgehead atoms. The number of allylic oxidation sites excluding steroid dienone is 10. The number of carboxylic acids is 1. The number of aliphatic hydroxyl groups excluding tert-OH is 2. The zero-order valence-corrected chi connectivity index (χ0v) is 50.4. The van der Waals surface area contributed by atoms with E-state index < -0.39 is 67.3 Å². The van der Waals surface area contributed by atoms with E-state index in [4.69, 9.17) is 23.7 Å². The van der Waals surface area contributed by atoms with Gasteiger partial charge in [0.15, 0.2) is 24.6 Å². The second-order valence-corrected chi connectivity index (χ2v) is 22.0. The van der Waals surface area contributed by atoms with Gasteiger partial charge in [-0.05, 0) is 83.5 Å². The average Bonchev–Trinajstić information content (AvgIpc) is 3.46. The van der Waals surface area contributed by atoms with Gasteiger partial charge in [0.1, 0.15) is 18.8 Å². The summed E-state index contributed by atoms with van der Waals surface area (Å²) in [5, 5.41) is 31.6. The summed E-state index contributed by atoms with van der Waals surface area (Å²) in [5.41, 5.74) is 0. The third-order valence-corrected chi connectivity index (χ3v) is 14.6. The quantitative estimate of drug-likeness (QED) is 0.0228. The molecule has 0 amide bonds. The second-order valence-electron chi connectivity index (χ2n) is 22.0. The van der Waals surface area contributed by atoms with Gasteiger partial charge < -0.3 is 39.0 Å². The van der Waals surface area contributed by atoms with Crippen molar-refractivity contribution in [1.29, 1.82) is 0 Å². The molecule has 1 heterocycles. The van der Waals surface area contributed by atoms with Gasteiger partial charge in [0.2, 0.25) is 0 Å². The molecule has 1 aliphatic heterocycles. The number of esters is 3. The Bertz CT molecular complexity index is 1600. The van der Waals surface area contributed by atoms with Crippen molar-refractivity contribution in [3.63, 3.8) is 0 Å². The molecule has 0 radical (unpaired) electrons. The van der Waals surface area contributed by atoms with Crippen LogP contribution >= 0.6 is 0 Å². The van der Waals surface area contributed by atoms with E-state index in [1.165, 1.54) is 122 Å². The van der Waals surface area contributed by atoms with E-state index in [9.17, 15) is 34.5 Å². The van der Waals surface area contributed by atoms with Crippen molar-refractivity contribution >= 4 is 23.9 Å². The van der Waals surface area contributed by atoms with E-state index in [-0.39, 0.29) is 25.9 Å². The fraction of sp³-hybridized carbons (Fsp3) is 0.791. The number of hydrogen-bond donors (Lipinski definition) is 3. The summed E-state index contributed by atoms with van der Waals surface area (Å²) < 4.78 is 28.5. The molecule has 0 aromatic rings. The van der Waals surface area contributed by atoms with Crippen LogP contribution in [0.25, 0.3) is 0 Å². The summed E-state index contributed by atoms with van der Waals surface area (Å²) in [6, 6.07) is 0. The van der Waals surface area contributed by atoms with Gasteiger partial charge in [-0.25, -0.2) is 4.79 Å². The molecule has 0 aromatic heterocycles. The predicted molar refractivity (Wildman–Crippen MR) is 322 cm³/mol. The molecule has 1 rings (SSSR count). The van der Waals surface area contributed by atoms with Crippen LogP contribution in [0, 0.1) is 0 Å². The Labute approximate surface area is 481 Å². The Kier molecular flexibility index (Phi) is 51.1. The summed E-state index contributed by atoms with van der Waals surface area (Å²) in [5.74, 6) is -3.14. The molecular weight excluding hydrogens is 997 g/mol. The molecule has 3 N–H and O–H groups in total. The molecule has 1 fully saturated rings. The van der Waals surface area contributed by atoms with E-state index in [0.717, 1.165) is 109 Å². The third-order valence-electron chi connectivity index (χ3n) is 14.6. The maximum Gasteiger partial charge on any atom is 0.335 e. The number of carboxylic acid groups (broad SMARTS) is 1.